The summed E-state index contributed by atoms with van der Waals surface area (Å²) in [4.78, 5) is 0. The van der Waals surface area contributed by atoms with E-state index >= 15 is 0 Å². The van der Waals surface area contributed by atoms with Gasteiger partial charge >= 0.3 is 7.69 Å². The maximum atomic E-state index is 8.40. The Balaban J connectivity index is 2.21. The third-order valence-electron chi connectivity index (χ3n) is 1.75. The second-order valence-electron chi connectivity index (χ2n) is 2.86. The Morgan fingerprint density at radius 3 is 2.44 bits per heavy atom. The molecule has 0 unspecified atom stereocenters. The molecule has 0 bridgehead atoms. The van der Waals surface area contributed by atoms with Gasteiger partial charge < -0.3 is 23.9 Å². The van der Waals surface area contributed by atoms with Crippen LogP contribution in [0, 0.1) is 0 Å². The topological polar surface area (TPSA) is 57.2 Å². The van der Waals surface area contributed by atoms with Crippen LogP contribution in [0.3, 0.4) is 0 Å². The van der Waals surface area contributed by atoms with Gasteiger partial charge in [-0.1, -0.05) is 0 Å². The Kier molecular flexibility index (Phi) is 6.40. The van der Waals surface area contributed by atoms with E-state index in [4.69, 9.17) is 23.9 Å². The van der Waals surface area contributed by atoms with Gasteiger partial charge in [-0.2, -0.15) is 0 Å². The lowest BCUT2D eigenvalue weighted by Gasteiger charge is -2.07. The number of hydrogen-bond acceptors (Lipinski definition) is 5. The number of ether oxygens (including phenoxy) is 3. The van der Waals surface area contributed by atoms with E-state index < -0.39 is 0 Å². The highest BCUT2D eigenvalue weighted by Crippen LogP contribution is 2.16. The van der Waals surface area contributed by atoms with Crippen molar-refractivity contribution in [3.05, 3.63) is 24.3 Å². The Morgan fingerprint density at radius 1 is 1.12 bits per heavy atom. The second kappa shape index (κ2) is 7.98. The summed E-state index contributed by atoms with van der Waals surface area (Å²) in [6.07, 6.45) is 0. The molecule has 0 saturated heterocycles. The first kappa shape index (κ1) is 12.8. The van der Waals surface area contributed by atoms with Crippen LogP contribution in [-0.4, -0.2) is 39.8 Å². The van der Waals surface area contributed by atoms with Crippen LogP contribution in [0.1, 0.15) is 0 Å². The standard InChI is InChI=1S/C10H14BO5/c1-13-6-7-14-8-15-9-2-4-10(5-3-9)16-11-12/h2-5,12H,6-8H2,1H3. The van der Waals surface area contributed by atoms with Crippen molar-refractivity contribution in [2.45, 2.75) is 0 Å². The van der Waals surface area contributed by atoms with E-state index in [0.717, 1.165) is 0 Å². The molecule has 1 aromatic rings. The van der Waals surface area contributed by atoms with E-state index in [1.54, 1.807) is 31.4 Å². The molecule has 0 spiro atoms. The molecule has 1 aromatic carbocycles. The van der Waals surface area contributed by atoms with Gasteiger partial charge in [0.05, 0.1) is 13.2 Å². The molecule has 0 aliphatic heterocycles. The van der Waals surface area contributed by atoms with E-state index in [2.05, 4.69) is 0 Å². The van der Waals surface area contributed by atoms with Gasteiger partial charge in [-0.25, -0.2) is 0 Å². The molecule has 5 nitrogen and oxygen atoms in total. The van der Waals surface area contributed by atoms with Crippen LogP contribution in [0.4, 0.5) is 0 Å². The summed E-state index contributed by atoms with van der Waals surface area (Å²) in [6, 6.07) is 6.80. The molecule has 0 aliphatic rings. The fraction of sp³-hybridized carbons (Fsp3) is 0.400. The zero-order valence-electron chi connectivity index (χ0n) is 9.09. The van der Waals surface area contributed by atoms with Crippen LogP contribution >= 0.6 is 0 Å². The third-order valence-corrected chi connectivity index (χ3v) is 1.75. The maximum absolute atomic E-state index is 8.40. The van der Waals surface area contributed by atoms with Crippen molar-refractivity contribution in [1.82, 2.24) is 0 Å². The molecule has 0 heterocycles. The van der Waals surface area contributed by atoms with Crippen LogP contribution in [0.25, 0.3) is 0 Å². The third kappa shape index (κ3) is 5.02. The van der Waals surface area contributed by atoms with Crippen molar-refractivity contribution in [3.8, 4) is 11.5 Å². The molecule has 1 N–H and O–H groups in total. The van der Waals surface area contributed by atoms with E-state index in [-0.39, 0.29) is 6.79 Å². The molecular formula is C10H14BO5. The maximum Gasteiger partial charge on any atom is 0.569 e. The second-order valence-corrected chi connectivity index (χ2v) is 2.86. The Morgan fingerprint density at radius 2 is 1.81 bits per heavy atom. The molecule has 16 heavy (non-hydrogen) atoms. The molecule has 0 aliphatic carbocycles. The summed E-state index contributed by atoms with van der Waals surface area (Å²) in [5.74, 6) is 1.21. The lowest BCUT2D eigenvalue weighted by Crippen LogP contribution is -2.07. The Hall–Kier alpha value is -1.24. The molecule has 87 valence electrons. The van der Waals surface area contributed by atoms with Crippen molar-refractivity contribution in [2.75, 3.05) is 27.1 Å². The summed E-state index contributed by atoms with van der Waals surface area (Å²) in [5, 5.41) is 8.40. The largest absolute Gasteiger partial charge is 0.569 e. The fourth-order valence-electron chi connectivity index (χ4n) is 0.986. The smallest absolute Gasteiger partial charge is 0.537 e. The number of rotatable bonds is 8. The van der Waals surface area contributed by atoms with Crippen LogP contribution in [0.15, 0.2) is 24.3 Å². The Labute approximate surface area is 95.2 Å². The van der Waals surface area contributed by atoms with Gasteiger partial charge in [0.25, 0.3) is 0 Å². The quantitative estimate of drug-likeness (QED) is 0.398. The van der Waals surface area contributed by atoms with Gasteiger partial charge in [0.1, 0.15) is 11.5 Å². The molecule has 0 amide bonds. The van der Waals surface area contributed by atoms with E-state index in [0.29, 0.717) is 32.4 Å². The van der Waals surface area contributed by atoms with Crippen LogP contribution in [-0.2, 0) is 9.47 Å². The zero-order valence-corrected chi connectivity index (χ0v) is 9.09. The lowest BCUT2D eigenvalue weighted by atomic mass is 10.3. The first-order chi connectivity index (χ1) is 7.86. The predicted octanol–water partition coefficient (Wildman–Crippen LogP) is 0.591. The van der Waals surface area contributed by atoms with Crippen molar-refractivity contribution in [2.24, 2.45) is 0 Å². The Bertz CT molecular complexity index is 277. The van der Waals surface area contributed by atoms with Crippen LogP contribution in [0.2, 0.25) is 0 Å². The molecule has 0 atom stereocenters. The molecule has 1 radical (unpaired) electrons. The number of methoxy groups -OCH3 is 1. The highest BCUT2D eigenvalue weighted by atomic mass is 16.7. The summed E-state index contributed by atoms with van der Waals surface area (Å²) in [6.45, 7) is 1.22. The molecular weight excluding hydrogens is 211 g/mol. The SMILES string of the molecule is COCCOCOc1ccc(O[B]O)cc1. The average Bonchev–Trinajstić information content (AvgIpc) is 2.31. The monoisotopic (exact) mass is 225 g/mol. The van der Waals surface area contributed by atoms with Gasteiger partial charge in [-0.3, -0.25) is 0 Å². The van der Waals surface area contributed by atoms with Gasteiger partial charge in [0.2, 0.25) is 0 Å². The van der Waals surface area contributed by atoms with Gasteiger partial charge in [0, 0.05) is 7.11 Å². The molecule has 1 rings (SSSR count). The fourth-order valence-corrected chi connectivity index (χ4v) is 0.986. The summed E-state index contributed by atoms with van der Waals surface area (Å²) < 4.78 is 20.0. The highest BCUT2D eigenvalue weighted by Gasteiger charge is 1.96. The van der Waals surface area contributed by atoms with Crippen molar-refractivity contribution >= 4 is 7.69 Å². The predicted molar refractivity (Wildman–Crippen MR) is 58.4 cm³/mol. The van der Waals surface area contributed by atoms with E-state index in [1.807, 2.05) is 0 Å². The van der Waals surface area contributed by atoms with Gasteiger partial charge in [-0.05, 0) is 24.3 Å². The van der Waals surface area contributed by atoms with Gasteiger partial charge in [-0.15, -0.1) is 0 Å². The minimum absolute atomic E-state index is 0.176. The zero-order chi connectivity index (χ0) is 11.6. The van der Waals surface area contributed by atoms with Crippen LogP contribution < -0.4 is 9.39 Å². The van der Waals surface area contributed by atoms with Crippen molar-refractivity contribution in [1.29, 1.82) is 0 Å². The first-order valence-electron chi connectivity index (χ1n) is 4.79. The normalized spacial score (nSPS) is 9.88. The summed E-state index contributed by atoms with van der Waals surface area (Å²) >= 11 is 0. The van der Waals surface area contributed by atoms with E-state index in [9.17, 15) is 0 Å². The van der Waals surface area contributed by atoms with E-state index in [1.165, 1.54) is 0 Å². The number of hydrogen-bond donors (Lipinski definition) is 1. The minimum atomic E-state index is 0.176. The lowest BCUT2D eigenvalue weighted by molar-refractivity contribution is -0.00848. The summed E-state index contributed by atoms with van der Waals surface area (Å²) in [7, 11) is 2.24. The van der Waals surface area contributed by atoms with Gasteiger partial charge in [0.15, 0.2) is 6.79 Å². The van der Waals surface area contributed by atoms with Crippen molar-refractivity contribution < 1.29 is 23.9 Å². The van der Waals surface area contributed by atoms with Crippen LogP contribution in [0.5, 0.6) is 11.5 Å². The molecule has 0 saturated carbocycles. The molecule has 0 fully saturated rings. The average molecular weight is 225 g/mol. The molecule has 0 aromatic heterocycles. The molecule has 6 heteroatoms. The van der Waals surface area contributed by atoms with Crippen molar-refractivity contribution in [3.63, 3.8) is 0 Å². The highest BCUT2D eigenvalue weighted by molar-refractivity contribution is 6.17. The number of benzene rings is 1. The minimum Gasteiger partial charge on any atom is -0.537 e. The summed E-state index contributed by atoms with van der Waals surface area (Å²) in [5.41, 5.74) is 0. The first-order valence-corrected chi connectivity index (χ1v) is 4.79.